The maximum absolute atomic E-state index is 14.6. The summed E-state index contributed by atoms with van der Waals surface area (Å²) in [6.07, 6.45) is 0.753. The van der Waals surface area contributed by atoms with Gasteiger partial charge in [0.25, 0.3) is 5.91 Å². The minimum absolute atomic E-state index is 0.145. The molecule has 0 saturated heterocycles. The first-order chi connectivity index (χ1) is 14.8. The Labute approximate surface area is 178 Å². The van der Waals surface area contributed by atoms with E-state index in [1.165, 1.54) is 19.1 Å². The van der Waals surface area contributed by atoms with Gasteiger partial charge < -0.3 is 10.1 Å². The maximum Gasteiger partial charge on any atom is 0.267 e. The number of nitrogens with zero attached hydrogens (tertiary/aromatic N) is 1. The summed E-state index contributed by atoms with van der Waals surface area (Å²) >= 11 is 0. The molecule has 7 nitrogen and oxygen atoms in total. The summed E-state index contributed by atoms with van der Waals surface area (Å²) in [5.74, 6) is -0.581. The van der Waals surface area contributed by atoms with Gasteiger partial charge in [-0.15, -0.1) is 0 Å². The van der Waals surface area contributed by atoms with Crippen LogP contribution in [0.1, 0.15) is 41.3 Å². The minimum atomic E-state index is -0.435. The van der Waals surface area contributed by atoms with Gasteiger partial charge in [0.2, 0.25) is 5.91 Å². The molecular weight excluding hydrogens is 401 g/mol. The van der Waals surface area contributed by atoms with Gasteiger partial charge in [-0.2, -0.15) is 5.10 Å². The zero-order chi connectivity index (χ0) is 22.1. The number of amides is 2. The largest absolute Gasteiger partial charge is 0.487 e. The maximum atomic E-state index is 14.6. The SMILES string of the molecule is CC(=O)c1ccc(F)c(-c2cc(C)cc3c2OC(CNC(=O)C2=NNC(=O)CC2)C3)c1. The van der Waals surface area contributed by atoms with Gasteiger partial charge in [-0.1, -0.05) is 6.07 Å². The third-order valence-corrected chi connectivity index (χ3v) is 5.36. The summed E-state index contributed by atoms with van der Waals surface area (Å²) < 4.78 is 20.7. The zero-order valence-electron chi connectivity index (χ0n) is 17.3. The number of ether oxygens (including phenoxy) is 1. The quantitative estimate of drug-likeness (QED) is 0.723. The lowest BCUT2D eigenvalue weighted by atomic mass is 9.95. The van der Waals surface area contributed by atoms with Crippen molar-refractivity contribution in [2.75, 3.05) is 6.54 Å². The van der Waals surface area contributed by atoms with E-state index in [9.17, 15) is 18.8 Å². The number of Topliss-reactive ketones (excluding diaryl/α,β-unsaturated/α-hetero) is 1. The summed E-state index contributed by atoms with van der Waals surface area (Å²) in [7, 11) is 0. The van der Waals surface area contributed by atoms with Crippen LogP contribution in [0.4, 0.5) is 4.39 Å². The Kier molecular flexibility index (Phi) is 5.54. The number of hydrogen-bond acceptors (Lipinski definition) is 5. The Bertz CT molecular complexity index is 1130. The Morgan fingerprint density at radius 3 is 2.74 bits per heavy atom. The van der Waals surface area contributed by atoms with E-state index in [1.807, 2.05) is 19.1 Å². The molecule has 2 amide bonds. The first-order valence-electron chi connectivity index (χ1n) is 10.1. The molecule has 0 aromatic heterocycles. The fraction of sp³-hybridized carbons (Fsp3) is 0.304. The molecule has 160 valence electrons. The second-order valence-corrected chi connectivity index (χ2v) is 7.80. The zero-order valence-corrected chi connectivity index (χ0v) is 17.3. The van der Waals surface area contributed by atoms with Crippen LogP contribution in [0, 0.1) is 12.7 Å². The molecule has 8 heteroatoms. The number of benzene rings is 2. The van der Waals surface area contributed by atoms with E-state index in [4.69, 9.17) is 4.74 Å². The minimum Gasteiger partial charge on any atom is -0.487 e. The monoisotopic (exact) mass is 423 g/mol. The van der Waals surface area contributed by atoms with E-state index in [0.29, 0.717) is 35.3 Å². The number of fused-ring (bicyclic) bond motifs is 1. The molecule has 1 unspecified atom stereocenters. The van der Waals surface area contributed by atoms with Crippen LogP contribution in [-0.2, 0) is 16.0 Å². The van der Waals surface area contributed by atoms with Gasteiger partial charge in [0, 0.05) is 36.0 Å². The molecule has 4 rings (SSSR count). The molecule has 2 N–H and O–H groups in total. The number of carbonyl (C=O) groups is 3. The van der Waals surface area contributed by atoms with Crippen LogP contribution in [0.5, 0.6) is 5.75 Å². The van der Waals surface area contributed by atoms with Crippen LogP contribution in [0.3, 0.4) is 0 Å². The topological polar surface area (TPSA) is 96.9 Å². The van der Waals surface area contributed by atoms with Crippen LogP contribution in [-0.4, -0.2) is 36.0 Å². The average molecular weight is 423 g/mol. The number of carbonyl (C=O) groups excluding carboxylic acids is 3. The highest BCUT2D eigenvalue weighted by molar-refractivity contribution is 6.39. The molecular formula is C23H22FN3O4. The molecule has 0 fully saturated rings. The third-order valence-electron chi connectivity index (χ3n) is 5.36. The van der Waals surface area contributed by atoms with Crippen molar-refractivity contribution in [2.24, 2.45) is 5.10 Å². The Balaban J connectivity index is 1.53. The fourth-order valence-corrected chi connectivity index (χ4v) is 3.80. The van der Waals surface area contributed by atoms with Crippen molar-refractivity contribution in [3.05, 3.63) is 52.8 Å². The van der Waals surface area contributed by atoms with Gasteiger partial charge in [0.1, 0.15) is 23.4 Å². The molecule has 2 aliphatic heterocycles. The summed E-state index contributed by atoms with van der Waals surface area (Å²) in [6, 6.07) is 8.11. The smallest absolute Gasteiger partial charge is 0.267 e. The third kappa shape index (κ3) is 4.33. The van der Waals surface area contributed by atoms with Crippen molar-refractivity contribution in [3.8, 4) is 16.9 Å². The summed E-state index contributed by atoms with van der Waals surface area (Å²) in [6.45, 7) is 3.60. The normalized spacial score (nSPS) is 17.3. The summed E-state index contributed by atoms with van der Waals surface area (Å²) in [5, 5.41) is 6.58. The molecule has 0 aliphatic carbocycles. The van der Waals surface area contributed by atoms with Crippen LogP contribution < -0.4 is 15.5 Å². The van der Waals surface area contributed by atoms with Crippen molar-refractivity contribution < 1.29 is 23.5 Å². The van der Waals surface area contributed by atoms with Crippen molar-refractivity contribution in [2.45, 2.75) is 39.2 Å². The number of aryl methyl sites for hydroxylation is 1. The van der Waals surface area contributed by atoms with Crippen LogP contribution in [0.25, 0.3) is 11.1 Å². The van der Waals surface area contributed by atoms with Crippen molar-refractivity contribution in [1.29, 1.82) is 0 Å². The van der Waals surface area contributed by atoms with E-state index in [2.05, 4.69) is 15.8 Å². The van der Waals surface area contributed by atoms with Crippen LogP contribution in [0.2, 0.25) is 0 Å². The Hall–Kier alpha value is -3.55. The fourth-order valence-electron chi connectivity index (χ4n) is 3.80. The molecule has 2 aromatic carbocycles. The van der Waals surface area contributed by atoms with Crippen LogP contribution in [0.15, 0.2) is 35.4 Å². The van der Waals surface area contributed by atoms with Gasteiger partial charge >= 0.3 is 0 Å². The average Bonchev–Trinajstić information content (AvgIpc) is 3.15. The Morgan fingerprint density at radius 2 is 2.03 bits per heavy atom. The Morgan fingerprint density at radius 1 is 1.23 bits per heavy atom. The lowest BCUT2D eigenvalue weighted by Crippen LogP contribution is -2.41. The van der Waals surface area contributed by atoms with Gasteiger partial charge in [-0.3, -0.25) is 14.4 Å². The number of rotatable bonds is 5. The lowest BCUT2D eigenvalue weighted by molar-refractivity contribution is -0.121. The molecule has 31 heavy (non-hydrogen) atoms. The number of ketones is 1. The number of hydrogen-bond donors (Lipinski definition) is 2. The molecule has 0 bridgehead atoms. The van der Waals surface area contributed by atoms with Gasteiger partial charge in [-0.05, 0) is 49.2 Å². The van der Waals surface area contributed by atoms with Gasteiger partial charge in [0.05, 0.1) is 6.54 Å². The molecule has 1 atom stereocenters. The summed E-state index contributed by atoms with van der Waals surface area (Å²) in [5.41, 5.74) is 5.76. The van der Waals surface area contributed by atoms with E-state index in [1.54, 1.807) is 6.07 Å². The molecule has 0 spiro atoms. The van der Waals surface area contributed by atoms with Crippen molar-refractivity contribution >= 4 is 23.3 Å². The molecule has 2 aromatic rings. The highest BCUT2D eigenvalue weighted by Gasteiger charge is 2.28. The first-order valence-corrected chi connectivity index (χ1v) is 10.1. The van der Waals surface area contributed by atoms with Crippen molar-refractivity contribution in [3.63, 3.8) is 0 Å². The number of hydrazone groups is 1. The highest BCUT2D eigenvalue weighted by atomic mass is 19.1. The highest BCUT2D eigenvalue weighted by Crippen LogP contribution is 2.41. The number of nitrogens with one attached hydrogen (secondary N) is 2. The van der Waals surface area contributed by atoms with E-state index >= 15 is 0 Å². The van der Waals surface area contributed by atoms with E-state index in [0.717, 1.165) is 11.1 Å². The predicted octanol–water partition coefficient (Wildman–Crippen LogP) is 2.69. The van der Waals surface area contributed by atoms with Crippen molar-refractivity contribution in [1.82, 2.24) is 10.7 Å². The van der Waals surface area contributed by atoms with Gasteiger partial charge in [0.15, 0.2) is 5.78 Å². The van der Waals surface area contributed by atoms with Gasteiger partial charge in [-0.25, -0.2) is 9.82 Å². The first kappa shape index (κ1) is 20.7. The summed E-state index contributed by atoms with van der Waals surface area (Å²) in [4.78, 5) is 35.2. The molecule has 0 radical (unpaired) electrons. The predicted molar refractivity (Wildman–Crippen MR) is 113 cm³/mol. The van der Waals surface area contributed by atoms with Crippen LogP contribution >= 0.6 is 0 Å². The lowest BCUT2D eigenvalue weighted by Gasteiger charge is -2.16. The molecule has 0 saturated carbocycles. The molecule has 2 aliphatic rings. The van der Waals surface area contributed by atoms with E-state index < -0.39 is 5.82 Å². The van der Waals surface area contributed by atoms with E-state index in [-0.39, 0.29) is 42.4 Å². The molecule has 2 heterocycles. The standard InChI is InChI=1S/C23H22FN3O4/c1-12-7-15-9-16(11-25-23(30)20-5-6-21(29)27-26-20)31-22(15)18(8-12)17-10-14(13(2)28)3-4-19(17)24/h3-4,7-8,10,16H,5-6,9,11H2,1-2H3,(H,25,30)(H,27,29). The second kappa shape index (κ2) is 8.29. The number of halogens is 1. The second-order valence-electron chi connectivity index (χ2n) is 7.80.